The van der Waals surface area contributed by atoms with E-state index in [4.69, 9.17) is 0 Å². The van der Waals surface area contributed by atoms with Crippen molar-refractivity contribution < 1.29 is 14.1 Å². The molecule has 2 aromatic heterocycles. The third-order valence-electron chi connectivity index (χ3n) is 5.08. The average molecular weight is 451 g/mol. The number of hydrogen-bond acceptors (Lipinski definition) is 6. The van der Waals surface area contributed by atoms with E-state index < -0.39 is 16.9 Å². The molecule has 0 aliphatic rings. The Morgan fingerprint density at radius 3 is 2.59 bits per heavy atom. The zero-order valence-corrected chi connectivity index (χ0v) is 18.0. The minimum atomic E-state index is -0.475. The molecule has 0 saturated carbocycles. The van der Waals surface area contributed by atoms with Gasteiger partial charge in [-0.05, 0) is 48.2 Å². The number of thiophene rings is 1. The molecule has 162 valence electrons. The lowest BCUT2D eigenvalue weighted by Gasteiger charge is -2.24. The van der Waals surface area contributed by atoms with Crippen molar-refractivity contribution in [1.82, 2.24) is 19.7 Å². The van der Waals surface area contributed by atoms with Crippen molar-refractivity contribution in [3.05, 3.63) is 93.4 Å². The lowest BCUT2D eigenvalue weighted by molar-refractivity contribution is -0.384. The van der Waals surface area contributed by atoms with Crippen LogP contribution in [0.5, 0.6) is 0 Å². The lowest BCUT2D eigenvalue weighted by Crippen LogP contribution is -2.30. The van der Waals surface area contributed by atoms with E-state index in [1.807, 2.05) is 17.5 Å². The second-order valence-electron chi connectivity index (χ2n) is 7.07. The molecule has 4 rings (SSSR count). The number of halogens is 1. The molecule has 4 aromatic rings. The first-order valence-electron chi connectivity index (χ1n) is 9.63. The van der Waals surface area contributed by atoms with Crippen LogP contribution in [-0.2, 0) is 0 Å². The lowest BCUT2D eigenvalue weighted by atomic mass is 10.1. The molecule has 0 fully saturated rings. The van der Waals surface area contributed by atoms with E-state index in [1.165, 1.54) is 45.2 Å². The molecule has 32 heavy (non-hydrogen) atoms. The molecule has 8 nitrogen and oxygen atoms in total. The summed E-state index contributed by atoms with van der Waals surface area (Å²) < 4.78 is 14.9. The number of rotatable bonds is 6. The van der Waals surface area contributed by atoms with Gasteiger partial charge in [0.15, 0.2) is 5.82 Å². The molecule has 0 spiro atoms. The van der Waals surface area contributed by atoms with E-state index in [1.54, 1.807) is 38.2 Å². The third kappa shape index (κ3) is 4.12. The van der Waals surface area contributed by atoms with E-state index in [2.05, 4.69) is 10.1 Å². The number of nitro groups is 1. The molecule has 0 radical (unpaired) electrons. The van der Waals surface area contributed by atoms with Crippen LogP contribution in [0, 0.1) is 15.9 Å². The maximum Gasteiger partial charge on any atom is 0.293 e. The molecule has 1 unspecified atom stereocenters. The van der Waals surface area contributed by atoms with E-state index in [9.17, 15) is 19.3 Å². The monoisotopic (exact) mass is 451 g/mol. The van der Waals surface area contributed by atoms with E-state index >= 15 is 0 Å². The highest BCUT2D eigenvalue weighted by Gasteiger charge is 2.26. The maximum absolute atomic E-state index is 13.4. The van der Waals surface area contributed by atoms with Gasteiger partial charge >= 0.3 is 0 Å². The topological polar surface area (TPSA) is 94.2 Å². The third-order valence-corrected chi connectivity index (χ3v) is 5.94. The number of nitrogens with zero attached hydrogens (tertiary/aromatic N) is 5. The quantitative estimate of drug-likeness (QED) is 0.308. The van der Waals surface area contributed by atoms with Gasteiger partial charge in [0.05, 0.1) is 21.5 Å². The van der Waals surface area contributed by atoms with Crippen molar-refractivity contribution in [3.63, 3.8) is 0 Å². The summed E-state index contributed by atoms with van der Waals surface area (Å²) in [6, 6.07) is 15.2. The summed E-state index contributed by atoms with van der Waals surface area (Å²) in [7, 11) is 1.59. The van der Waals surface area contributed by atoms with Crippen molar-refractivity contribution in [1.29, 1.82) is 0 Å². The zero-order valence-electron chi connectivity index (χ0n) is 17.2. The summed E-state index contributed by atoms with van der Waals surface area (Å²) in [5, 5.41) is 17.4. The van der Waals surface area contributed by atoms with Gasteiger partial charge in [-0.3, -0.25) is 14.9 Å². The second kappa shape index (κ2) is 8.67. The predicted octanol–water partition coefficient (Wildman–Crippen LogP) is 4.88. The van der Waals surface area contributed by atoms with Crippen LogP contribution in [0.2, 0.25) is 0 Å². The largest absolute Gasteiger partial charge is 0.332 e. The van der Waals surface area contributed by atoms with Crippen molar-refractivity contribution in [2.75, 3.05) is 7.05 Å². The summed E-state index contributed by atoms with van der Waals surface area (Å²) in [5.41, 5.74) is 1.14. The van der Waals surface area contributed by atoms with Gasteiger partial charge in [-0.1, -0.05) is 18.2 Å². The van der Waals surface area contributed by atoms with Crippen LogP contribution in [-0.4, -0.2) is 37.5 Å². The summed E-state index contributed by atoms with van der Waals surface area (Å²) in [4.78, 5) is 30.5. The van der Waals surface area contributed by atoms with Crippen LogP contribution in [0.1, 0.15) is 29.1 Å². The molecule has 0 bridgehead atoms. The number of non-ortho nitro benzene ring substituents is 1. The Morgan fingerprint density at radius 1 is 1.19 bits per heavy atom. The first-order valence-corrected chi connectivity index (χ1v) is 10.5. The van der Waals surface area contributed by atoms with Gasteiger partial charge in [-0.15, -0.1) is 16.4 Å². The van der Waals surface area contributed by atoms with Gasteiger partial charge in [0.25, 0.3) is 11.6 Å². The highest BCUT2D eigenvalue weighted by Crippen LogP contribution is 2.28. The van der Waals surface area contributed by atoms with Crippen LogP contribution >= 0.6 is 11.3 Å². The van der Waals surface area contributed by atoms with Crippen molar-refractivity contribution in [2.45, 2.75) is 13.0 Å². The summed E-state index contributed by atoms with van der Waals surface area (Å²) in [5.74, 6) is -0.389. The summed E-state index contributed by atoms with van der Waals surface area (Å²) in [6.07, 6.45) is 0. The Balaban J connectivity index is 1.69. The van der Waals surface area contributed by atoms with E-state index in [0.717, 1.165) is 4.88 Å². The molecule has 0 saturated heterocycles. The Kier molecular flexibility index (Phi) is 5.78. The Labute approximate surface area is 186 Å². The van der Waals surface area contributed by atoms with Crippen molar-refractivity contribution >= 4 is 22.9 Å². The molecule has 10 heteroatoms. The maximum atomic E-state index is 13.4. The fraction of sp³-hybridized carbons (Fsp3) is 0.136. The predicted molar refractivity (Wildman–Crippen MR) is 118 cm³/mol. The van der Waals surface area contributed by atoms with Crippen LogP contribution < -0.4 is 0 Å². The smallest absolute Gasteiger partial charge is 0.293 e. The van der Waals surface area contributed by atoms with E-state index in [-0.39, 0.29) is 17.3 Å². The average Bonchev–Trinajstić information content (AvgIpc) is 3.48. The van der Waals surface area contributed by atoms with Gasteiger partial charge in [0.1, 0.15) is 5.82 Å². The van der Waals surface area contributed by atoms with Gasteiger partial charge in [-0.2, -0.15) is 0 Å². The number of amides is 1. The van der Waals surface area contributed by atoms with Gasteiger partial charge in [0.2, 0.25) is 5.82 Å². The minimum Gasteiger partial charge on any atom is -0.332 e. The molecule has 0 aliphatic carbocycles. The Hall–Kier alpha value is -3.92. The number of carbonyl (C=O) groups is 1. The minimum absolute atomic E-state index is 0.0301. The number of hydrogen-bond donors (Lipinski definition) is 0. The van der Waals surface area contributed by atoms with Crippen LogP contribution in [0.25, 0.3) is 16.4 Å². The molecular weight excluding hydrogens is 433 g/mol. The number of carbonyl (C=O) groups excluding carboxylic acids is 1. The second-order valence-corrected chi connectivity index (χ2v) is 8.02. The summed E-state index contributed by atoms with van der Waals surface area (Å²) in [6.45, 7) is 1.77. The van der Waals surface area contributed by atoms with Gasteiger partial charge < -0.3 is 4.90 Å². The highest BCUT2D eigenvalue weighted by molar-refractivity contribution is 7.13. The molecule has 0 N–H and O–H groups in total. The highest BCUT2D eigenvalue weighted by atomic mass is 32.1. The summed E-state index contributed by atoms with van der Waals surface area (Å²) >= 11 is 1.44. The fourth-order valence-corrected chi connectivity index (χ4v) is 3.88. The molecule has 2 heterocycles. The number of aromatic nitrogens is 3. The standard InChI is InChI=1S/C22H18FN5O3S/c1-14(15-5-3-6-18(13-15)28(30)31)26(2)22(29)20-24-21(19-7-4-12-32-19)27(25-20)17-10-8-16(23)9-11-17/h3-14H,1-2H3. The first kappa shape index (κ1) is 21.3. The van der Waals surface area contributed by atoms with Gasteiger partial charge in [-0.25, -0.2) is 14.1 Å². The Morgan fingerprint density at radius 2 is 1.94 bits per heavy atom. The normalized spacial score (nSPS) is 11.8. The number of benzene rings is 2. The van der Waals surface area contributed by atoms with Crippen LogP contribution in [0.15, 0.2) is 66.0 Å². The molecule has 0 aliphatic heterocycles. The van der Waals surface area contributed by atoms with Crippen LogP contribution in [0.4, 0.5) is 10.1 Å². The van der Waals surface area contributed by atoms with Gasteiger partial charge in [0, 0.05) is 19.2 Å². The first-order chi connectivity index (χ1) is 15.3. The van der Waals surface area contributed by atoms with Crippen molar-refractivity contribution in [3.8, 4) is 16.4 Å². The zero-order chi connectivity index (χ0) is 22.8. The van der Waals surface area contributed by atoms with E-state index in [0.29, 0.717) is 17.1 Å². The fourth-order valence-electron chi connectivity index (χ4n) is 3.19. The Bertz CT molecular complexity index is 1270. The molecule has 1 amide bonds. The van der Waals surface area contributed by atoms with Crippen molar-refractivity contribution in [2.24, 2.45) is 0 Å². The van der Waals surface area contributed by atoms with Crippen LogP contribution in [0.3, 0.4) is 0 Å². The molecule has 1 atom stereocenters. The number of nitro benzene ring substituents is 1. The molecule has 2 aromatic carbocycles. The SMILES string of the molecule is CC(c1cccc([N+](=O)[O-])c1)N(C)C(=O)c1nc(-c2cccs2)n(-c2ccc(F)cc2)n1. The molecular formula is C22H18FN5O3S.